The van der Waals surface area contributed by atoms with Crippen LogP contribution in [-0.2, 0) is 16.0 Å². The topological polar surface area (TPSA) is 100 Å². The van der Waals surface area contributed by atoms with Gasteiger partial charge in [0.05, 0.1) is 18.0 Å². The van der Waals surface area contributed by atoms with Gasteiger partial charge in [-0.3, -0.25) is 9.69 Å². The second-order valence-corrected chi connectivity index (χ2v) is 11.3. The van der Waals surface area contributed by atoms with E-state index in [0.29, 0.717) is 11.1 Å². The summed E-state index contributed by atoms with van der Waals surface area (Å²) in [4.78, 5) is 27.7. The van der Waals surface area contributed by atoms with Crippen molar-refractivity contribution in [1.82, 2.24) is 20.0 Å². The summed E-state index contributed by atoms with van der Waals surface area (Å²) in [5.41, 5.74) is 1.95. The molecular weight excluding hydrogens is 497 g/mol. The summed E-state index contributed by atoms with van der Waals surface area (Å²) in [6.07, 6.45) is 5.41. The molecule has 1 saturated carbocycles. The Balaban J connectivity index is 1.26. The second kappa shape index (κ2) is 10.5. The third-order valence-corrected chi connectivity index (χ3v) is 7.34. The molecule has 1 aromatic heterocycles. The number of fused-ring (bicyclic) bond motifs is 2. The Kier molecular flexibility index (Phi) is 7.13. The molecule has 0 spiro atoms. The first kappa shape index (κ1) is 26.4. The van der Waals surface area contributed by atoms with Crippen LogP contribution in [0.3, 0.4) is 0 Å². The van der Waals surface area contributed by atoms with Crippen LogP contribution in [0.4, 0.5) is 9.18 Å². The number of carbonyl (C=O) groups excluding carboxylic acids is 2. The quantitative estimate of drug-likeness (QED) is 0.484. The molecule has 4 atom stereocenters. The van der Waals surface area contributed by atoms with E-state index in [1.165, 1.54) is 11.0 Å². The number of nitrogens with one attached hydrogen (secondary N) is 1. The molecule has 202 valence electrons. The number of nitriles is 1. The van der Waals surface area contributed by atoms with E-state index < -0.39 is 35.5 Å². The molecule has 0 radical (unpaired) electrons. The van der Waals surface area contributed by atoms with Gasteiger partial charge in [-0.1, -0.05) is 30.3 Å². The van der Waals surface area contributed by atoms with Crippen molar-refractivity contribution in [2.75, 3.05) is 0 Å². The predicted octanol–water partition coefficient (Wildman–Crippen LogP) is 5.02. The summed E-state index contributed by atoms with van der Waals surface area (Å²) in [5.74, 6) is -0.843. The highest BCUT2D eigenvalue weighted by molar-refractivity contribution is 5.87. The standard InChI is InChI=1S/C30H32FN5O3/c1-30(2,3)39-29(38)36-25-12-11-21(14-25)27(36)28(37)34-23(16-32)13-20-10-9-19(15-26(20)31)22-17-33-35(18-22)24-7-5-4-6-8-24/h4-10,15,17-18,21,23,25,27H,11-14H2,1-3H3,(H,34,37)/t21-,23-,25+,27-/m0/s1. The van der Waals surface area contributed by atoms with Crippen LogP contribution in [0.2, 0.25) is 0 Å². The number of nitrogens with zero attached hydrogens (tertiary/aromatic N) is 4. The van der Waals surface area contributed by atoms with Crippen molar-refractivity contribution < 1.29 is 18.7 Å². The van der Waals surface area contributed by atoms with Crippen molar-refractivity contribution in [1.29, 1.82) is 5.26 Å². The maximum absolute atomic E-state index is 15.1. The Morgan fingerprint density at radius 2 is 1.95 bits per heavy atom. The van der Waals surface area contributed by atoms with Gasteiger partial charge in [0.15, 0.2) is 0 Å². The number of aromatic nitrogens is 2. The molecular formula is C30H32FN5O3. The normalized spacial score (nSPS) is 20.9. The first-order valence-electron chi connectivity index (χ1n) is 13.2. The highest BCUT2D eigenvalue weighted by Gasteiger charge is 2.52. The summed E-state index contributed by atoms with van der Waals surface area (Å²) >= 11 is 0. The molecule has 2 aromatic carbocycles. The number of likely N-dealkylation sites (tertiary alicyclic amines) is 1. The Morgan fingerprint density at radius 3 is 2.64 bits per heavy atom. The van der Waals surface area contributed by atoms with Crippen molar-refractivity contribution in [3.8, 4) is 22.9 Å². The van der Waals surface area contributed by atoms with Crippen LogP contribution in [0.15, 0.2) is 60.9 Å². The summed E-state index contributed by atoms with van der Waals surface area (Å²) in [6, 6.07) is 14.8. The van der Waals surface area contributed by atoms with Crippen LogP contribution in [0.5, 0.6) is 0 Å². The van der Waals surface area contributed by atoms with Gasteiger partial charge in [0.1, 0.15) is 23.5 Å². The minimum atomic E-state index is -0.946. The van der Waals surface area contributed by atoms with Crippen molar-refractivity contribution in [2.45, 2.75) is 70.2 Å². The lowest BCUT2D eigenvalue weighted by Crippen LogP contribution is -2.55. The molecule has 9 heteroatoms. The number of halogens is 1. The predicted molar refractivity (Wildman–Crippen MR) is 143 cm³/mol. The lowest BCUT2D eigenvalue weighted by molar-refractivity contribution is -0.128. The van der Waals surface area contributed by atoms with E-state index in [9.17, 15) is 14.9 Å². The molecule has 39 heavy (non-hydrogen) atoms. The van der Waals surface area contributed by atoms with Crippen molar-refractivity contribution >= 4 is 12.0 Å². The van der Waals surface area contributed by atoms with Gasteiger partial charge in [-0.15, -0.1) is 0 Å². The maximum atomic E-state index is 15.1. The van der Waals surface area contributed by atoms with Gasteiger partial charge in [-0.05, 0) is 75.3 Å². The number of para-hydroxylation sites is 1. The molecule has 2 heterocycles. The van der Waals surface area contributed by atoms with Gasteiger partial charge in [0.25, 0.3) is 0 Å². The first-order chi connectivity index (χ1) is 18.6. The molecule has 1 N–H and O–H groups in total. The van der Waals surface area contributed by atoms with E-state index in [-0.39, 0.29) is 18.4 Å². The van der Waals surface area contributed by atoms with Gasteiger partial charge in [-0.25, -0.2) is 13.9 Å². The van der Waals surface area contributed by atoms with Crippen LogP contribution in [0.25, 0.3) is 16.8 Å². The molecule has 0 unspecified atom stereocenters. The zero-order valence-corrected chi connectivity index (χ0v) is 22.3. The monoisotopic (exact) mass is 529 g/mol. The lowest BCUT2D eigenvalue weighted by Gasteiger charge is -2.35. The summed E-state index contributed by atoms with van der Waals surface area (Å²) in [7, 11) is 0. The van der Waals surface area contributed by atoms with Crippen LogP contribution < -0.4 is 5.32 Å². The molecule has 2 amide bonds. The number of ether oxygens (including phenoxy) is 1. The summed E-state index contributed by atoms with van der Waals surface area (Å²) < 4.78 is 22.4. The summed E-state index contributed by atoms with van der Waals surface area (Å²) in [5, 5.41) is 16.9. The lowest BCUT2D eigenvalue weighted by atomic mass is 9.97. The number of hydrogen-bond donors (Lipinski definition) is 1. The molecule has 1 aliphatic heterocycles. The number of rotatable bonds is 6. The Bertz CT molecular complexity index is 1410. The fraction of sp³-hybridized carbons (Fsp3) is 0.400. The smallest absolute Gasteiger partial charge is 0.411 e. The van der Waals surface area contributed by atoms with Crippen LogP contribution in [0.1, 0.15) is 45.6 Å². The van der Waals surface area contributed by atoms with Gasteiger partial charge in [-0.2, -0.15) is 10.4 Å². The molecule has 3 aromatic rings. The van der Waals surface area contributed by atoms with E-state index in [0.717, 1.165) is 30.5 Å². The Hall–Kier alpha value is -4.19. The maximum Gasteiger partial charge on any atom is 0.411 e. The van der Waals surface area contributed by atoms with Crippen molar-refractivity contribution in [3.63, 3.8) is 0 Å². The van der Waals surface area contributed by atoms with Crippen LogP contribution in [0, 0.1) is 23.1 Å². The highest BCUT2D eigenvalue weighted by atomic mass is 19.1. The zero-order valence-electron chi connectivity index (χ0n) is 22.3. The molecule has 8 nitrogen and oxygen atoms in total. The van der Waals surface area contributed by atoms with Gasteiger partial charge < -0.3 is 10.1 Å². The highest BCUT2D eigenvalue weighted by Crippen LogP contribution is 2.43. The largest absolute Gasteiger partial charge is 0.444 e. The fourth-order valence-electron chi connectivity index (χ4n) is 5.60. The van der Waals surface area contributed by atoms with E-state index in [2.05, 4.69) is 16.5 Å². The molecule has 2 fully saturated rings. The number of benzene rings is 2. The SMILES string of the molecule is CC(C)(C)OC(=O)N1[C@@H]2CC[C@@H](C2)[C@H]1C(=O)N[C@H](C#N)Cc1ccc(-c2cnn(-c3ccccc3)c2)cc1F. The number of piperidine rings is 1. The number of carbonyl (C=O) groups is 2. The van der Waals surface area contributed by atoms with E-state index in [1.807, 2.05) is 36.5 Å². The zero-order chi connectivity index (χ0) is 27.7. The van der Waals surface area contributed by atoms with Gasteiger partial charge in [0, 0.05) is 24.2 Å². The number of amides is 2. The second-order valence-electron chi connectivity index (χ2n) is 11.3. The van der Waals surface area contributed by atoms with Gasteiger partial charge >= 0.3 is 6.09 Å². The van der Waals surface area contributed by atoms with Crippen LogP contribution in [-0.4, -0.2) is 50.4 Å². The Morgan fingerprint density at radius 1 is 1.18 bits per heavy atom. The minimum Gasteiger partial charge on any atom is -0.444 e. The van der Waals surface area contributed by atoms with Crippen molar-refractivity contribution in [3.05, 3.63) is 72.3 Å². The third-order valence-electron chi connectivity index (χ3n) is 7.34. The molecule has 5 rings (SSSR count). The minimum absolute atomic E-state index is 0.00484. The van der Waals surface area contributed by atoms with E-state index in [1.54, 1.807) is 43.8 Å². The average molecular weight is 530 g/mol. The molecule has 1 saturated heterocycles. The molecule has 2 aliphatic rings. The molecule has 2 bridgehead atoms. The fourth-order valence-corrected chi connectivity index (χ4v) is 5.60. The van der Waals surface area contributed by atoms with Gasteiger partial charge in [0.2, 0.25) is 5.91 Å². The summed E-state index contributed by atoms with van der Waals surface area (Å²) in [6.45, 7) is 5.36. The molecule has 1 aliphatic carbocycles. The van der Waals surface area contributed by atoms with Crippen molar-refractivity contribution in [2.24, 2.45) is 5.92 Å². The van der Waals surface area contributed by atoms with Crippen LogP contribution >= 0.6 is 0 Å². The number of hydrogen-bond acceptors (Lipinski definition) is 5. The Labute approximate surface area is 227 Å². The van der Waals surface area contributed by atoms with E-state index >= 15 is 4.39 Å². The third kappa shape index (κ3) is 5.65. The van der Waals surface area contributed by atoms with E-state index in [4.69, 9.17) is 4.74 Å². The average Bonchev–Trinajstić information content (AvgIpc) is 3.65. The first-order valence-corrected chi connectivity index (χ1v) is 13.2.